The van der Waals surface area contributed by atoms with Gasteiger partial charge in [0.1, 0.15) is 11.8 Å². The molecule has 21 heavy (non-hydrogen) atoms. The average Bonchev–Trinajstić information content (AvgIpc) is 2.55. The van der Waals surface area contributed by atoms with Crippen LogP contribution in [0.4, 0.5) is 0 Å². The van der Waals surface area contributed by atoms with Gasteiger partial charge in [-0.25, -0.2) is 0 Å². The van der Waals surface area contributed by atoms with E-state index in [0.717, 1.165) is 16.9 Å². The Morgan fingerprint density at radius 1 is 1.05 bits per heavy atom. The third kappa shape index (κ3) is 3.83. The molecule has 1 amide bonds. The molecule has 0 aliphatic carbocycles. The molecule has 0 radical (unpaired) electrons. The molecular formula is C17H20N2O2. The Hall–Kier alpha value is -2.33. The van der Waals surface area contributed by atoms with Crippen molar-refractivity contribution in [3.8, 4) is 5.75 Å². The van der Waals surface area contributed by atoms with Crippen molar-refractivity contribution in [3.63, 3.8) is 0 Å². The van der Waals surface area contributed by atoms with E-state index < -0.39 is 6.04 Å². The monoisotopic (exact) mass is 284 g/mol. The first-order valence-electron chi connectivity index (χ1n) is 6.86. The van der Waals surface area contributed by atoms with Crippen molar-refractivity contribution in [2.24, 2.45) is 5.73 Å². The topological polar surface area (TPSA) is 64.3 Å². The fourth-order valence-corrected chi connectivity index (χ4v) is 2.09. The zero-order valence-corrected chi connectivity index (χ0v) is 12.2. The van der Waals surface area contributed by atoms with Crippen molar-refractivity contribution in [2.75, 3.05) is 7.11 Å². The van der Waals surface area contributed by atoms with Crippen molar-refractivity contribution < 1.29 is 9.53 Å². The van der Waals surface area contributed by atoms with Gasteiger partial charge in [-0.1, -0.05) is 42.5 Å². The third-order valence-electron chi connectivity index (χ3n) is 3.42. The minimum atomic E-state index is -0.660. The van der Waals surface area contributed by atoms with Crippen LogP contribution in [0.25, 0.3) is 0 Å². The number of carbonyl (C=O) groups is 1. The van der Waals surface area contributed by atoms with E-state index in [-0.39, 0.29) is 11.9 Å². The van der Waals surface area contributed by atoms with Crippen LogP contribution in [0.15, 0.2) is 54.6 Å². The van der Waals surface area contributed by atoms with E-state index in [1.54, 1.807) is 7.11 Å². The molecule has 0 heterocycles. The van der Waals surface area contributed by atoms with E-state index in [4.69, 9.17) is 10.5 Å². The molecular weight excluding hydrogens is 264 g/mol. The van der Waals surface area contributed by atoms with Crippen LogP contribution in [0.1, 0.15) is 30.1 Å². The molecule has 4 heteroatoms. The van der Waals surface area contributed by atoms with E-state index in [0.29, 0.717) is 0 Å². The molecule has 0 saturated heterocycles. The van der Waals surface area contributed by atoms with E-state index in [2.05, 4.69) is 5.32 Å². The minimum Gasteiger partial charge on any atom is -0.497 e. The minimum absolute atomic E-state index is 0.113. The van der Waals surface area contributed by atoms with Gasteiger partial charge in [0.25, 0.3) is 0 Å². The molecule has 110 valence electrons. The molecule has 1 unspecified atom stereocenters. The Labute approximate surface area is 124 Å². The summed E-state index contributed by atoms with van der Waals surface area (Å²) in [6, 6.07) is 16.2. The lowest BCUT2D eigenvalue weighted by atomic mass is 10.0. The van der Waals surface area contributed by atoms with E-state index >= 15 is 0 Å². The number of hydrogen-bond donors (Lipinski definition) is 2. The van der Waals surface area contributed by atoms with Gasteiger partial charge in [0.2, 0.25) is 5.91 Å². The quantitative estimate of drug-likeness (QED) is 0.887. The standard InChI is InChI=1S/C17H20N2O2/c1-12(13-8-10-15(21-2)11-9-13)19-17(20)16(18)14-6-4-3-5-7-14/h3-12,16H,18H2,1-2H3,(H,19,20)/t12?,16-/m0/s1. The first-order valence-corrected chi connectivity index (χ1v) is 6.86. The largest absolute Gasteiger partial charge is 0.497 e. The second-order valence-electron chi connectivity index (χ2n) is 4.89. The summed E-state index contributed by atoms with van der Waals surface area (Å²) < 4.78 is 5.12. The van der Waals surface area contributed by atoms with Gasteiger partial charge in [-0.2, -0.15) is 0 Å². The number of amides is 1. The molecule has 0 aliphatic heterocycles. The summed E-state index contributed by atoms with van der Waals surface area (Å²) in [5.41, 5.74) is 7.79. The maximum absolute atomic E-state index is 12.2. The molecule has 2 aromatic carbocycles. The molecule has 0 aliphatic rings. The highest BCUT2D eigenvalue weighted by Crippen LogP contribution is 2.18. The molecule has 0 spiro atoms. The molecule has 3 N–H and O–H groups in total. The van der Waals surface area contributed by atoms with Crippen LogP contribution < -0.4 is 15.8 Å². The molecule has 0 aromatic heterocycles. The smallest absolute Gasteiger partial charge is 0.241 e. The summed E-state index contributed by atoms with van der Waals surface area (Å²) in [4.78, 5) is 12.2. The van der Waals surface area contributed by atoms with Crippen molar-refractivity contribution in [3.05, 3.63) is 65.7 Å². The van der Waals surface area contributed by atoms with Crippen LogP contribution in [0, 0.1) is 0 Å². The van der Waals surface area contributed by atoms with Gasteiger partial charge in [-0.05, 0) is 30.2 Å². The zero-order valence-electron chi connectivity index (χ0n) is 12.2. The summed E-state index contributed by atoms with van der Waals surface area (Å²) in [5, 5.41) is 2.93. The third-order valence-corrected chi connectivity index (χ3v) is 3.42. The van der Waals surface area contributed by atoms with Crippen LogP contribution in [0.3, 0.4) is 0 Å². The molecule has 4 nitrogen and oxygen atoms in total. The van der Waals surface area contributed by atoms with Gasteiger partial charge in [0.15, 0.2) is 0 Å². The number of benzene rings is 2. The Kier molecular flexibility index (Phi) is 4.95. The Morgan fingerprint density at radius 2 is 1.67 bits per heavy atom. The normalized spacial score (nSPS) is 13.3. The number of ether oxygens (including phenoxy) is 1. The molecule has 2 aromatic rings. The summed E-state index contributed by atoms with van der Waals surface area (Å²) in [6.07, 6.45) is 0. The number of methoxy groups -OCH3 is 1. The van der Waals surface area contributed by atoms with E-state index in [1.807, 2.05) is 61.5 Å². The Bertz CT molecular complexity index is 581. The van der Waals surface area contributed by atoms with Crippen LogP contribution >= 0.6 is 0 Å². The lowest BCUT2D eigenvalue weighted by molar-refractivity contribution is -0.123. The van der Waals surface area contributed by atoms with E-state index in [1.165, 1.54) is 0 Å². The average molecular weight is 284 g/mol. The lowest BCUT2D eigenvalue weighted by Crippen LogP contribution is -2.35. The second kappa shape index (κ2) is 6.90. The van der Waals surface area contributed by atoms with Crippen LogP contribution in [-0.4, -0.2) is 13.0 Å². The molecule has 0 bridgehead atoms. The Balaban J connectivity index is 2.01. The zero-order chi connectivity index (χ0) is 15.2. The predicted molar refractivity (Wildman–Crippen MR) is 82.9 cm³/mol. The fraction of sp³-hybridized carbons (Fsp3) is 0.235. The van der Waals surface area contributed by atoms with Crippen molar-refractivity contribution in [1.82, 2.24) is 5.32 Å². The van der Waals surface area contributed by atoms with Crippen molar-refractivity contribution in [1.29, 1.82) is 0 Å². The molecule has 0 saturated carbocycles. The lowest BCUT2D eigenvalue weighted by Gasteiger charge is -2.18. The number of hydrogen-bond acceptors (Lipinski definition) is 3. The summed E-state index contributed by atoms with van der Waals surface area (Å²) >= 11 is 0. The highest BCUT2D eigenvalue weighted by atomic mass is 16.5. The number of rotatable bonds is 5. The van der Waals surface area contributed by atoms with Crippen LogP contribution in [-0.2, 0) is 4.79 Å². The summed E-state index contributed by atoms with van der Waals surface area (Å²) in [7, 11) is 1.62. The maximum Gasteiger partial charge on any atom is 0.241 e. The number of carbonyl (C=O) groups excluding carboxylic acids is 1. The highest BCUT2D eigenvalue weighted by molar-refractivity contribution is 5.83. The van der Waals surface area contributed by atoms with Gasteiger partial charge in [-0.3, -0.25) is 4.79 Å². The van der Waals surface area contributed by atoms with Crippen molar-refractivity contribution >= 4 is 5.91 Å². The van der Waals surface area contributed by atoms with Gasteiger partial charge in [-0.15, -0.1) is 0 Å². The van der Waals surface area contributed by atoms with Crippen LogP contribution in [0.2, 0.25) is 0 Å². The predicted octanol–water partition coefficient (Wildman–Crippen LogP) is 2.57. The summed E-state index contributed by atoms with van der Waals surface area (Å²) in [6.45, 7) is 1.93. The van der Waals surface area contributed by atoms with E-state index in [9.17, 15) is 4.79 Å². The van der Waals surface area contributed by atoms with Gasteiger partial charge in [0.05, 0.1) is 13.2 Å². The van der Waals surface area contributed by atoms with Crippen molar-refractivity contribution in [2.45, 2.75) is 19.0 Å². The molecule has 0 fully saturated rings. The molecule has 2 rings (SSSR count). The second-order valence-corrected chi connectivity index (χ2v) is 4.89. The SMILES string of the molecule is COc1ccc(C(C)NC(=O)[C@@H](N)c2ccccc2)cc1. The maximum atomic E-state index is 12.2. The number of nitrogens with two attached hydrogens (primary N) is 1. The summed E-state index contributed by atoms with van der Waals surface area (Å²) in [5.74, 6) is 0.600. The van der Waals surface area contributed by atoms with Gasteiger partial charge in [0, 0.05) is 0 Å². The first kappa shape index (κ1) is 15.1. The highest BCUT2D eigenvalue weighted by Gasteiger charge is 2.18. The molecule has 2 atom stereocenters. The van der Waals surface area contributed by atoms with Gasteiger partial charge >= 0.3 is 0 Å². The fourth-order valence-electron chi connectivity index (χ4n) is 2.09. The van der Waals surface area contributed by atoms with Gasteiger partial charge < -0.3 is 15.8 Å². The first-order chi connectivity index (χ1) is 10.1. The Morgan fingerprint density at radius 3 is 2.24 bits per heavy atom. The number of nitrogens with one attached hydrogen (secondary N) is 1. The van der Waals surface area contributed by atoms with Crippen LogP contribution in [0.5, 0.6) is 5.75 Å².